The third-order valence-corrected chi connectivity index (χ3v) is 5.78. The van der Waals surface area contributed by atoms with Crippen molar-refractivity contribution >= 4 is 17.0 Å². The smallest absolute Gasteiger partial charge is 0.228 e. The van der Waals surface area contributed by atoms with Crippen LogP contribution in [0.5, 0.6) is 0 Å². The van der Waals surface area contributed by atoms with Crippen LogP contribution in [0.1, 0.15) is 23.2 Å². The Hall–Kier alpha value is -2.67. The van der Waals surface area contributed by atoms with Crippen LogP contribution in [0.2, 0.25) is 0 Å². The van der Waals surface area contributed by atoms with E-state index in [9.17, 15) is 13.2 Å². The summed E-state index contributed by atoms with van der Waals surface area (Å²) in [7, 11) is 0. The van der Waals surface area contributed by atoms with E-state index >= 15 is 0 Å². The van der Waals surface area contributed by atoms with Crippen molar-refractivity contribution in [1.82, 2.24) is 14.6 Å². The van der Waals surface area contributed by atoms with E-state index in [-0.39, 0.29) is 5.65 Å². The minimum absolute atomic E-state index is 0.198. The number of fused-ring (bicyclic) bond motifs is 2. The van der Waals surface area contributed by atoms with Gasteiger partial charge in [0.2, 0.25) is 0 Å². The lowest BCUT2D eigenvalue weighted by molar-refractivity contribution is -0.142. The molecule has 3 nitrogen and oxygen atoms in total. The zero-order valence-electron chi connectivity index (χ0n) is 14.1. The van der Waals surface area contributed by atoms with Gasteiger partial charge >= 0.3 is 6.18 Å². The summed E-state index contributed by atoms with van der Waals surface area (Å²) in [6.07, 6.45) is -1.44. The second-order valence-electron chi connectivity index (χ2n) is 6.64. The zero-order valence-corrected chi connectivity index (χ0v) is 14.9. The van der Waals surface area contributed by atoms with Crippen molar-refractivity contribution in [3.05, 3.63) is 64.7 Å². The van der Waals surface area contributed by atoms with Gasteiger partial charge in [0.1, 0.15) is 5.69 Å². The van der Waals surface area contributed by atoms with Crippen LogP contribution in [-0.4, -0.2) is 14.6 Å². The number of halogens is 3. The Balaban J connectivity index is 1.72. The predicted molar refractivity (Wildman–Crippen MR) is 98.8 cm³/mol. The molecule has 3 aromatic heterocycles. The number of benzene rings is 1. The lowest BCUT2D eigenvalue weighted by atomic mass is 10.0. The third kappa shape index (κ3) is 2.82. The second kappa shape index (κ2) is 5.92. The topological polar surface area (TPSA) is 30.2 Å². The molecule has 0 radical (unpaired) electrons. The van der Waals surface area contributed by atoms with Gasteiger partial charge in [-0.1, -0.05) is 18.2 Å². The van der Waals surface area contributed by atoms with Gasteiger partial charge in [-0.2, -0.15) is 18.3 Å². The van der Waals surface area contributed by atoms with Crippen LogP contribution < -0.4 is 0 Å². The number of nitrogens with zero attached hydrogens (tertiary/aromatic N) is 3. The molecule has 0 saturated carbocycles. The van der Waals surface area contributed by atoms with E-state index in [0.29, 0.717) is 17.0 Å². The molecule has 1 aromatic carbocycles. The van der Waals surface area contributed by atoms with Gasteiger partial charge in [-0.25, -0.2) is 9.50 Å². The van der Waals surface area contributed by atoms with Gasteiger partial charge in [-0.05, 0) is 54.0 Å². The predicted octanol–water partition coefficient (Wildman–Crippen LogP) is 5.63. The summed E-state index contributed by atoms with van der Waals surface area (Å²) in [5, 5.41) is 6.03. The Bertz CT molecular complexity index is 1140. The van der Waals surface area contributed by atoms with E-state index in [4.69, 9.17) is 0 Å². The van der Waals surface area contributed by atoms with Crippen LogP contribution >= 0.6 is 11.3 Å². The highest BCUT2D eigenvalue weighted by Crippen LogP contribution is 2.35. The monoisotopic (exact) mass is 385 g/mol. The van der Waals surface area contributed by atoms with Crippen LogP contribution in [0.4, 0.5) is 13.2 Å². The molecule has 0 N–H and O–H groups in total. The Morgan fingerprint density at radius 2 is 1.81 bits per heavy atom. The summed E-state index contributed by atoms with van der Waals surface area (Å²) in [4.78, 5) is 5.29. The van der Waals surface area contributed by atoms with E-state index in [1.165, 1.54) is 22.5 Å². The third-order valence-electron chi connectivity index (χ3n) is 4.89. The quantitative estimate of drug-likeness (QED) is 0.447. The molecular weight excluding hydrogens is 371 g/mol. The summed E-state index contributed by atoms with van der Waals surface area (Å²) in [6.45, 7) is 0. The molecular formula is C20H14F3N3S. The lowest BCUT2D eigenvalue weighted by Gasteiger charge is -2.11. The Kier molecular flexibility index (Phi) is 3.62. The van der Waals surface area contributed by atoms with Crippen LogP contribution in [0.15, 0.2) is 47.8 Å². The highest BCUT2D eigenvalue weighted by Gasteiger charge is 2.35. The molecule has 0 saturated heterocycles. The molecule has 1 aliphatic rings. The molecule has 0 atom stereocenters. The van der Waals surface area contributed by atoms with Crippen molar-refractivity contribution in [3.63, 3.8) is 0 Å². The molecule has 4 aromatic rings. The molecule has 0 fully saturated rings. The first-order chi connectivity index (χ1) is 13.0. The Morgan fingerprint density at radius 3 is 2.59 bits per heavy atom. The normalized spacial score (nSPS) is 14.0. The number of alkyl halides is 3. The van der Waals surface area contributed by atoms with Crippen molar-refractivity contribution in [2.45, 2.75) is 25.4 Å². The van der Waals surface area contributed by atoms with Crippen molar-refractivity contribution in [2.75, 3.05) is 0 Å². The highest BCUT2D eigenvalue weighted by molar-refractivity contribution is 7.13. The summed E-state index contributed by atoms with van der Waals surface area (Å²) in [5.41, 5.74) is 3.39. The van der Waals surface area contributed by atoms with E-state index in [0.717, 1.165) is 34.7 Å². The van der Waals surface area contributed by atoms with Crippen molar-refractivity contribution < 1.29 is 13.2 Å². The molecule has 0 aliphatic heterocycles. The standard InChI is InChI=1S/C20H14F3N3S/c21-20(22,23)18-10-15(14-7-6-12-3-1-4-13(12)9-14)24-19-11-16(25-26(18)19)17-5-2-8-27-17/h2,5-11H,1,3-4H2. The van der Waals surface area contributed by atoms with E-state index in [2.05, 4.69) is 10.1 Å². The number of aromatic nitrogens is 3. The number of rotatable bonds is 2. The molecule has 0 bridgehead atoms. The second-order valence-corrected chi connectivity index (χ2v) is 7.59. The zero-order chi connectivity index (χ0) is 18.6. The van der Waals surface area contributed by atoms with Crippen molar-refractivity contribution in [3.8, 4) is 21.8 Å². The first-order valence-corrected chi connectivity index (χ1v) is 9.51. The first kappa shape index (κ1) is 16.5. The summed E-state index contributed by atoms with van der Waals surface area (Å²) in [6, 6.07) is 12.2. The molecule has 7 heteroatoms. The van der Waals surface area contributed by atoms with Crippen molar-refractivity contribution in [2.24, 2.45) is 0 Å². The molecule has 0 spiro atoms. The summed E-state index contributed by atoms with van der Waals surface area (Å²) < 4.78 is 42.0. The van der Waals surface area contributed by atoms with Crippen LogP contribution in [0.25, 0.3) is 27.5 Å². The fraction of sp³-hybridized carbons (Fsp3) is 0.200. The molecule has 0 amide bonds. The highest BCUT2D eigenvalue weighted by atomic mass is 32.1. The molecule has 27 heavy (non-hydrogen) atoms. The van der Waals surface area contributed by atoms with Gasteiger partial charge in [0.15, 0.2) is 11.3 Å². The molecule has 5 rings (SSSR count). The molecule has 136 valence electrons. The minimum Gasteiger partial charge on any atom is -0.228 e. The Morgan fingerprint density at radius 1 is 0.963 bits per heavy atom. The maximum atomic E-state index is 13.7. The first-order valence-electron chi connectivity index (χ1n) is 8.63. The van der Waals surface area contributed by atoms with Gasteiger partial charge in [0.25, 0.3) is 0 Å². The van der Waals surface area contributed by atoms with Gasteiger partial charge in [-0.15, -0.1) is 11.3 Å². The van der Waals surface area contributed by atoms with Crippen LogP contribution in [0, 0.1) is 0 Å². The average molecular weight is 385 g/mol. The minimum atomic E-state index is -4.52. The van der Waals surface area contributed by atoms with Gasteiger partial charge in [0, 0.05) is 11.6 Å². The number of thiophene rings is 1. The van der Waals surface area contributed by atoms with E-state index < -0.39 is 11.9 Å². The summed E-state index contributed by atoms with van der Waals surface area (Å²) in [5.74, 6) is 0. The van der Waals surface area contributed by atoms with Gasteiger partial charge < -0.3 is 0 Å². The van der Waals surface area contributed by atoms with Crippen molar-refractivity contribution in [1.29, 1.82) is 0 Å². The number of hydrogen-bond donors (Lipinski definition) is 0. The SMILES string of the molecule is FC(F)(F)c1cc(-c2ccc3c(c2)CCC3)nc2cc(-c3cccs3)nn12. The fourth-order valence-corrected chi connectivity index (χ4v) is 4.28. The largest absolute Gasteiger partial charge is 0.433 e. The van der Waals surface area contributed by atoms with Gasteiger partial charge in [0.05, 0.1) is 10.6 Å². The maximum absolute atomic E-state index is 13.7. The Labute approximate surface area is 157 Å². The van der Waals surface area contributed by atoms with Gasteiger partial charge in [-0.3, -0.25) is 0 Å². The van der Waals surface area contributed by atoms with Crippen LogP contribution in [-0.2, 0) is 19.0 Å². The molecule has 0 unspecified atom stereocenters. The molecule has 3 heterocycles. The average Bonchev–Trinajstić information content (AvgIpc) is 3.37. The number of aryl methyl sites for hydroxylation is 2. The van der Waals surface area contributed by atoms with E-state index in [1.54, 1.807) is 6.07 Å². The maximum Gasteiger partial charge on any atom is 0.433 e. The number of hydrogen-bond acceptors (Lipinski definition) is 3. The lowest BCUT2D eigenvalue weighted by Crippen LogP contribution is -2.13. The fourth-order valence-electron chi connectivity index (χ4n) is 3.60. The van der Waals surface area contributed by atoms with Crippen LogP contribution in [0.3, 0.4) is 0 Å². The summed E-state index contributed by atoms with van der Waals surface area (Å²) >= 11 is 1.43. The molecule has 1 aliphatic carbocycles. The van der Waals surface area contributed by atoms with E-state index in [1.807, 2.05) is 35.7 Å².